The van der Waals surface area contributed by atoms with E-state index in [4.69, 9.17) is 14.6 Å². The van der Waals surface area contributed by atoms with Crippen LogP contribution in [0.2, 0.25) is 0 Å². The zero-order valence-corrected chi connectivity index (χ0v) is 31.6. The number of phenols is 1. The number of hydrogen-bond donors (Lipinski definition) is 2. The van der Waals surface area contributed by atoms with Crippen LogP contribution in [0.3, 0.4) is 0 Å². The van der Waals surface area contributed by atoms with E-state index < -0.39 is 0 Å². The van der Waals surface area contributed by atoms with Crippen LogP contribution in [0.25, 0.3) is 0 Å². The quantitative estimate of drug-likeness (QED) is 0.189. The Labute approximate surface area is 278 Å². The molecule has 0 bridgehead atoms. The molecular weight excluding hydrogens is 613 g/mol. The molecule has 4 nitrogen and oxygen atoms in total. The van der Waals surface area contributed by atoms with Crippen LogP contribution in [0.1, 0.15) is 119 Å². The van der Waals surface area contributed by atoms with E-state index in [-0.39, 0.29) is 58.4 Å². The van der Waals surface area contributed by atoms with E-state index in [0.717, 1.165) is 16.9 Å². The Kier molecular flexibility index (Phi) is 13.9. The third kappa shape index (κ3) is 10.9. The van der Waals surface area contributed by atoms with Crippen molar-refractivity contribution in [1.29, 1.82) is 0 Å². The third-order valence-corrected chi connectivity index (χ3v) is 8.68. The average molecular weight is 664 g/mol. The molecule has 0 unspecified atom stereocenters. The van der Waals surface area contributed by atoms with Crippen molar-refractivity contribution in [2.45, 2.75) is 132 Å². The average Bonchev–Trinajstić information content (AvgIpc) is 2.71. The molecule has 40 heavy (non-hydrogen) atoms. The van der Waals surface area contributed by atoms with E-state index in [1.807, 2.05) is 23.5 Å². The van der Waals surface area contributed by atoms with Gasteiger partial charge in [-0.1, -0.05) is 89.6 Å². The van der Waals surface area contributed by atoms with E-state index in [1.165, 1.54) is 20.9 Å². The summed E-state index contributed by atoms with van der Waals surface area (Å²) in [6.07, 6.45) is 0. The van der Waals surface area contributed by atoms with Gasteiger partial charge in [-0.15, -0.1) is 23.5 Å². The van der Waals surface area contributed by atoms with E-state index in [2.05, 4.69) is 128 Å². The molecule has 0 saturated heterocycles. The summed E-state index contributed by atoms with van der Waals surface area (Å²) in [5.41, 5.74) is 3.93. The molecule has 2 rings (SSSR count). The van der Waals surface area contributed by atoms with Crippen LogP contribution in [0.5, 0.6) is 11.5 Å². The minimum atomic E-state index is -0.148. The van der Waals surface area contributed by atoms with Crippen molar-refractivity contribution in [3.05, 3.63) is 53.6 Å². The molecule has 0 aromatic heterocycles. The summed E-state index contributed by atoms with van der Waals surface area (Å²) in [6, 6.07) is 8.91. The van der Waals surface area contributed by atoms with Crippen LogP contribution < -0.4 is 4.74 Å². The monoisotopic (exact) mass is 663 g/mol. The molecule has 2 N–H and O–H groups in total. The molecule has 0 heterocycles. The standard InChI is InChI=1S/C32H49O2S2.CHO2.Y/c1-28(2,3)22-16-20(17-23(26(22)33)29(4,5)6)35-32(13,14)36-21-18-24(30(7,8)9)27(34-15)25(19-21)31(10,11)12;2-1-3;/h16-19,33H,15H2,1-14H3;(H,2,3);/q2*-1;. The zero-order valence-electron chi connectivity index (χ0n) is 27.1. The molecule has 0 spiro atoms. The molecule has 0 saturated carbocycles. The minimum Gasteiger partial charge on any atom is -0.665 e. The fraction of sp³-hybridized carbons (Fsp3) is 0.576. The predicted octanol–water partition coefficient (Wildman–Crippen LogP) is 9.98. The Hall–Kier alpha value is -0.686. The molecule has 2 aromatic carbocycles. The fourth-order valence-electron chi connectivity index (χ4n) is 4.33. The molecule has 1 radical (unpaired) electrons. The summed E-state index contributed by atoms with van der Waals surface area (Å²) < 4.78 is 5.58. The molecule has 223 valence electrons. The van der Waals surface area contributed by atoms with Gasteiger partial charge in [-0.25, -0.2) is 0 Å². The van der Waals surface area contributed by atoms with Gasteiger partial charge in [-0.2, -0.15) is 7.11 Å². The maximum atomic E-state index is 11.1. The van der Waals surface area contributed by atoms with Crippen molar-refractivity contribution >= 4 is 30.0 Å². The van der Waals surface area contributed by atoms with Gasteiger partial charge in [0.25, 0.3) is 0 Å². The minimum absolute atomic E-state index is 0. The Morgan fingerprint density at radius 3 is 1.12 bits per heavy atom. The molecule has 0 aliphatic carbocycles. The molecule has 0 amide bonds. The summed E-state index contributed by atoms with van der Waals surface area (Å²) in [5, 5.41) is 17.9. The van der Waals surface area contributed by atoms with Crippen molar-refractivity contribution in [1.82, 2.24) is 0 Å². The molecular formula is C33H50O4S2Y-2. The predicted molar refractivity (Wildman–Crippen MR) is 169 cm³/mol. The first-order valence-electron chi connectivity index (χ1n) is 13.3. The van der Waals surface area contributed by atoms with Gasteiger partial charge < -0.3 is 19.7 Å². The van der Waals surface area contributed by atoms with E-state index in [9.17, 15) is 5.11 Å². The molecule has 7 heteroatoms. The Balaban J connectivity index is 0.00000363. The number of ether oxygens (including phenoxy) is 1. The fourth-order valence-corrected chi connectivity index (χ4v) is 6.92. The van der Waals surface area contributed by atoms with Crippen LogP contribution in [0, 0.1) is 7.11 Å². The first-order chi connectivity index (χ1) is 17.4. The summed E-state index contributed by atoms with van der Waals surface area (Å²) in [4.78, 5) is 10.7. The number of aromatic hydroxyl groups is 1. The van der Waals surface area contributed by atoms with Gasteiger partial charge in [0, 0.05) is 53.6 Å². The summed E-state index contributed by atoms with van der Waals surface area (Å²) in [5.74, 6) is 1.33. The molecule has 0 aliphatic heterocycles. The number of aliphatic hydroxyl groups excluding tert-OH is 1. The van der Waals surface area contributed by atoms with E-state index >= 15 is 0 Å². The maximum absolute atomic E-state index is 11.1. The van der Waals surface area contributed by atoms with Gasteiger partial charge in [0.05, 0.1) is 9.83 Å². The number of thioether (sulfide) groups is 2. The first kappa shape index (κ1) is 39.3. The normalized spacial score (nSPS) is 12.7. The topological polar surface area (TPSA) is 66.8 Å². The van der Waals surface area contributed by atoms with Gasteiger partial charge in [0.15, 0.2) is 0 Å². The van der Waals surface area contributed by atoms with Crippen molar-refractivity contribution in [3.63, 3.8) is 0 Å². The first-order valence-corrected chi connectivity index (χ1v) is 14.9. The van der Waals surface area contributed by atoms with E-state index in [1.54, 1.807) is 0 Å². The number of rotatable bonds is 5. The smallest absolute Gasteiger partial charge is 0.123 e. The number of benzene rings is 2. The molecule has 0 fully saturated rings. The van der Waals surface area contributed by atoms with E-state index in [0.29, 0.717) is 12.2 Å². The van der Waals surface area contributed by atoms with Crippen LogP contribution in [-0.2, 0) is 59.2 Å². The summed E-state index contributed by atoms with van der Waals surface area (Å²) in [7, 11) is 3.80. The number of phenolic OH excluding ortho intramolecular Hbond substituents is 1. The van der Waals surface area contributed by atoms with Gasteiger partial charge >= 0.3 is 0 Å². The molecule has 0 aliphatic rings. The van der Waals surface area contributed by atoms with Gasteiger partial charge in [-0.3, -0.25) is 0 Å². The van der Waals surface area contributed by atoms with Crippen LogP contribution in [0.4, 0.5) is 0 Å². The molecule has 2 aromatic rings. The van der Waals surface area contributed by atoms with Crippen molar-refractivity contribution in [2.24, 2.45) is 0 Å². The summed E-state index contributed by atoms with van der Waals surface area (Å²) >= 11 is 3.73. The zero-order chi connectivity index (χ0) is 30.8. The van der Waals surface area contributed by atoms with Crippen LogP contribution >= 0.6 is 23.5 Å². The third-order valence-electron chi connectivity index (χ3n) is 6.25. The second kappa shape index (κ2) is 14.2. The molecule has 0 atom stereocenters. The number of hydrogen-bond acceptors (Lipinski definition) is 5. The maximum Gasteiger partial charge on any atom is 0.123 e. The van der Waals surface area contributed by atoms with Crippen LogP contribution in [-0.4, -0.2) is 20.8 Å². The van der Waals surface area contributed by atoms with Crippen molar-refractivity contribution in [3.8, 4) is 11.5 Å². The second-order valence-electron chi connectivity index (χ2n) is 14.6. The van der Waals surface area contributed by atoms with Gasteiger partial charge in [-0.05, 0) is 70.9 Å². The second-order valence-corrected chi connectivity index (χ2v) is 18.2. The Morgan fingerprint density at radius 1 is 0.650 bits per heavy atom. The van der Waals surface area contributed by atoms with Gasteiger partial charge in [0.2, 0.25) is 0 Å². The van der Waals surface area contributed by atoms with Crippen LogP contribution in [0.15, 0.2) is 34.1 Å². The SMILES string of the molecule is O=[C-]O.[CH2-]Oc1c(C(C)(C)C)cc(SC(C)(C)Sc2cc(C(C)(C)C)c(O)c(C(C)(C)C)c2)cc1C(C)(C)C.[Y]. The van der Waals surface area contributed by atoms with Gasteiger partial charge in [0.1, 0.15) is 5.75 Å². The largest absolute Gasteiger partial charge is 0.665 e. The Morgan fingerprint density at radius 2 is 0.900 bits per heavy atom. The van der Waals surface area contributed by atoms with Crippen molar-refractivity contribution < 1.29 is 52.5 Å². The van der Waals surface area contributed by atoms with Crippen molar-refractivity contribution in [2.75, 3.05) is 0 Å². The Bertz CT molecular complexity index is 1070. The summed E-state index contributed by atoms with van der Waals surface area (Å²) in [6.45, 7) is 31.4.